The van der Waals surface area contributed by atoms with Gasteiger partial charge < -0.3 is 9.47 Å². The average Bonchev–Trinajstić information content (AvgIpc) is 2.84. The molecule has 0 radical (unpaired) electrons. The summed E-state index contributed by atoms with van der Waals surface area (Å²) in [5.41, 5.74) is 1.80. The maximum Gasteiger partial charge on any atom is 0.149 e. The van der Waals surface area contributed by atoms with Gasteiger partial charge >= 0.3 is 0 Å². The summed E-state index contributed by atoms with van der Waals surface area (Å²) in [7, 11) is 0. The number of rotatable bonds is 2. The Hall–Kier alpha value is -1.64. The van der Waals surface area contributed by atoms with E-state index in [1.165, 1.54) is 0 Å². The Kier molecular flexibility index (Phi) is 2.90. The molecule has 0 saturated carbocycles. The molecule has 2 aromatic rings. The minimum Gasteiger partial charge on any atom is -0.349 e. The van der Waals surface area contributed by atoms with E-state index in [-0.39, 0.29) is 6.10 Å². The molecular weight excluding hydrogens is 224 g/mol. The Morgan fingerprint density at radius 3 is 1.78 bits per heavy atom. The van der Waals surface area contributed by atoms with Crippen LogP contribution in [0.2, 0.25) is 0 Å². The third kappa shape index (κ3) is 1.65. The van der Waals surface area contributed by atoms with E-state index in [0.29, 0.717) is 6.79 Å². The molecule has 0 bridgehead atoms. The molecule has 92 valence electrons. The average molecular weight is 240 g/mol. The van der Waals surface area contributed by atoms with Gasteiger partial charge in [-0.3, -0.25) is 0 Å². The second kappa shape index (κ2) is 4.56. The highest BCUT2D eigenvalue weighted by molar-refractivity contribution is 5.38. The van der Waals surface area contributed by atoms with Crippen LogP contribution in [0.25, 0.3) is 0 Å². The lowest BCUT2D eigenvalue weighted by atomic mass is 9.82. The molecule has 2 heteroatoms. The van der Waals surface area contributed by atoms with E-state index in [1.807, 2.05) is 36.4 Å². The van der Waals surface area contributed by atoms with Gasteiger partial charge in [0.15, 0.2) is 0 Å². The van der Waals surface area contributed by atoms with Crippen LogP contribution in [-0.4, -0.2) is 12.9 Å². The first-order chi connectivity index (χ1) is 8.84. The van der Waals surface area contributed by atoms with Crippen molar-refractivity contribution in [3.05, 3.63) is 71.8 Å². The van der Waals surface area contributed by atoms with Gasteiger partial charge in [-0.05, 0) is 18.1 Å². The van der Waals surface area contributed by atoms with Crippen molar-refractivity contribution >= 4 is 0 Å². The van der Waals surface area contributed by atoms with Gasteiger partial charge in [-0.15, -0.1) is 0 Å². The number of ether oxygens (including phenoxy) is 2. The van der Waals surface area contributed by atoms with Crippen LogP contribution in [0.5, 0.6) is 0 Å². The summed E-state index contributed by atoms with van der Waals surface area (Å²) in [4.78, 5) is 0. The lowest BCUT2D eigenvalue weighted by molar-refractivity contribution is 0.0113. The van der Waals surface area contributed by atoms with Crippen molar-refractivity contribution in [2.75, 3.05) is 6.79 Å². The highest BCUT2D eigenvalue weighted by Gasteiger charge is 2.45. The van der Waals surface area contributed by atoms with Gasteiger partial charge in [-0.2, -0.15) is 0 Å². The molecule has 1 atom stereocenters. The molecule has 0 aliphatic carbocycles. The van der Waals surface area contributed by atoms with E-state index >= 15 is 0 Å². The zero-order valence-electron chi connectivity index (χ0n) is 10.4. The number of benzene rings is 2. The molecule has 18 heavy (non-hydrogen) atoms. The maximum absolute atomic E-state index is 6.00. The minimum absolute atomic E-state index is 0.00213. The highest BCUT2D eigenvalue weighted by atomic mass is 16.7. The standard InChI is InChI=1S/C16H16O2/c1-13-16(18-12-17-13,14-8-4-2-5-9-14)15-10-6-3-7-11-15/h2-11,13H,12H2,1H3. The fourth-order valence-corrected chi connectivity index (χ4v) is 2.64. The Balaban J connectivity index is 2.17. The highest BCUT2D eigenvalue weighted by Crippen LogP contribution is 2.41. The summed E-state index contributed by atoms with van der Waals surface area (Å²) in [6, 6.07) is 20.6. The summed E-state index contributed by atoms with van der Waals surface area (Å²) in [6.07, 6.45) is 0.00213. The molecule has 2 nitrogen and oxygen atoms in total. The summed E-state index contributed by atoms with van der Waals surface area (Å²) in [5, 5.41) is 0. The van der Waals surface area contributed by atoms with Crippen LogP contribution in [0, 0.1) is 0 Å². The van der Waals surface area contributed by atoms with Gasteiger partial charge in [0.05, 0.1) is 6.10 Å². The second-order valence-electron chi connectivity index (χ2n) is 4.54. The van der Waals surface area contributed by atoms with Gasteiger partial charge in [0, 0.05) is 0 Å². The maximum atomic E-state index is 6.00. The Labute approximate surface area is 107 Å². The molecule has 0 aromatic heterocycles. The number of hydrogen-bond donors (Lipinski definition) is 0. The molecule has 1 aliphatic rings. The Bertz CT molecular complexity index is 468. The fourth-order valence-electron chi connectivity index (χ4n) is 2.64. The summed E-state index contributed by atoms with van der Waals surface area (Å²) >= 11 is 0. The second-order valence-corrected chi connectivity index (χ2v) is 4.54. The normalized spacial score (nSPS) is 21.9. The molecule has 0 amide bonds. The smallest absolute Gasteiger partial charge is 0.149 e. The van der Waals surface area contributed by atoms with Crippen LogP contribution in [0.1, 0.15) is 18.1 Å². The predicted molar refractivity (Wildman–Crippen MR) is 70.2 cm³/mol. The van der Waals surface area contributed by atoms with E-state index in [4.69, 9.17) is 9.47 Å². The molecule has 2 aromatic carbocycles. The molecule has 1 heterocycles. The van der Waals surface area contributed by atoms with Gasteiger partial charge in [-0.25, -0.2) is 0 Å². The van der Waals surface area contributed by atoms with Crippen molar-refractivity contribution < 1.29 is 9.47 Å². The van der Waals surface area contributed by atoms with E-state index < -0.39 is 5.60 Å². The van der Waals surface area contributed by atoms with E-state index in [1.54, 1.807) is 0 Å². The van der Waals surface area contributed by atoms with Crippen LogP contribution in [0.3, 0.4) is 0 Å². The molecule has 1 saturated heterocycles. The Morgan fingerprint density at radius 2 is 1.39 bits per heavy atom. The van der Waals surface area contributed by atoms with Gasteiger partial charge in [0.2, 0.25) is 0 Å². The van der Waals surface area contributed by atoms with Crippen molar-refractivity contribution in [1.29, 1.82) is 0 Å². The minimum atomic E-state index is -0.484. The molecule has 0 spiro atoms. The number of hydrogen-bond acceptors (Lipinski definition) is 2. The van der Waals surface area contributed by atoms with E-state index in [0.717, 1.165) is 11.1 Å². The van der Waals surface area contributed by atoms with E-state index in [2.05, 4.69) is 31.2 Å². The van der Waals surface area contributed by atoms with Crippen LogP contribution in [0.4, 0.5) is 0 Å². The predicted octanol–water partition coefficient (Wildman–Crippen LogP) is 3.32. The topological polar surface area (TPSA) is 18.5 Å². The van der Waals surface area contributed by atoms with Gasteiger partial charge in [0.25, 0.3) is 0 Å². The third-order valence-electron chi connectivity index (χ3n) is 3.58. The monoisotopic (exact) mass is 240 g/mol. The quantitative estimate of drug-likeness (QED) is 0.801. The molecular formula is C16H16O2. The van der Waals surface area contributed by atoms with Crippen molar-refractivity contribution in [1.82, 2.24) is 0 Å². The molecule has 3 rings (SSSR count). The van der Waals surface area contributed by atoms with Crippen LogP contribution < -0.4 is 0 Å². The molecule has 0 N–H and O–H groups in total. The molecule has 1 aliphatic heterocycles. The van der Waals surface area contributed by atoms with Crippen molar-refractivity contribution in [3.63, 3.8) is 0 Å². The molecule has 1 unspecified atom stereocenters. The van der Waals surface area contributed by atoms with Crippen molar-refractivity contribution in [2.45, 2.75) is 18.6 Å². The lowest BCUT2D eigenvalue weighted by Gasteiger charge is -2.32. The summed E-state index contributed by atoms with van der Waals surface area (Å²) in [6.45, 7) is 2.40. The fraction of sp³-hybridized carbons (Fsp3) is 0.250. The first-order valence-corrected chi connectivity index (χ1v) is 6.20. The zero-order valence-corrected chi connectivity index (χ0v) is 10.4. The Morgan fingerprint density at radius 1 is 0.889 bits per heavy atom. The SMILES string of the molecule is CC1OCOC1(c1ccccc1)c1ccccc1. The lowest BCUT2D eigenvalue weighted by Crippen LogP contribution is -2.36. The first-order valence-electron chi connectivity index (χ1n) is 6.20. The molecule has 1 fully saturated rings. The zero-order chi connectivity index (χ0) is 12.4. The summed E-state index contributed by atoms with van der Waals surface area (Å²) in [5.74, 6) is 0. The summed E-state index contributed by atoms with van der Waals surface area (Å²) < 4.78 is 11.7. The van der Waals surface area contributed by atoms with Crippen LogP contribution >= 0.6 is 0 Å². The van der Waals surface area contributed by atoms with E-state index in [9.17, 15) is 0 Å². The third-order valence-corrected chi connectivity index (χ3v) is 3.58. The van der Waals surface area contributed by atoms with Crippen LogP contribution in [-0.2, 0) is 15.1 Å². The van der Waals surface area contributed by atoms with Gasteiger partial charge in [0.1, 0.15) is 12.4 Å². The van der Waals surface area contributed by atoms with Crippen LogP contribution in [0.15, 0.2) is 60.7 Å². The largest absolute Gasteiger partial charge is 0.349 e. The van der Waals surface area contributed by atoms with Crippen molar-refractivity contribution in [2.24, 2.45) is 0 Å². The van der Waals surface area contributed by atoms with Crippen molar-refractivity contribution in [3.8, 4) is 0 Å². The first kappa shape index (κ1) is 11.5. The van der Waals surface area contributed by atoms with Gasteiger partial charge in [-0.1, -0.05) is 60.7 Å².